The minimum Gasteiger partial charge on any atom is -0.496 e. The SMILES string of the molecule is COc1cccc(F)c1-c1nc(Nc2cc(N3CCC[C@H](N)C3)c(-c3cnn(C4CCOCC4)c3)cn2)ccc1C#N. The molecule has 4 aromatic rings. The number of hydrogen-bond donors (Lipinski definition) is 2. The van der Waals surface area contributed by atoms with Gasteiger partial charge in [-0.3, -0.25) is 4.68 Å². The molecule has 0 radical (unpaired) electrons. The second-order valence-electron chi connectivity index (χ2n) is 10.6. The van der Waals surface area contributed by atoms with Crippen LogP contribution >= 0.6 is 0 Å². The van der Waals surface area contributed by atoms with Gasteiger partial charge in [-0.2, -0.15) is 10.4 Å². The van der Waals surface area contributed by atoms with E-state index < -0.39 is 5.82 Å². The van der Waals surface area contributed by atoms with E-state index in [1.807, 2.05) is 23.1 Å². The predicted octanol–water partition coefficient (Wildman–Crippen LogP) is 5.05. The number of nitriles is 1. The molecule has 10 nitrogen and oxygen atoms in total. The Kier molecular flexibility index (Phi) is 7.99. The molecule has 5 heterocycles. The number of nitrogens with two attached hydrogens (primary N) is 1. The van der Waals surface area contributed by atoms with E-state index in [0.717, 1.165) is 68.8 Å². The first-order chi connectivity index (χ1) is 20.5. The number of ether oxygens (including phenoxy) is 2. The fourth-order valence-corrected chi connectivity index (χ4v) is 5.70. The summed E-state index contributed by atoms with van der Waals surface area (Å²) >= 11 is 0. The lowest BCUT2D eigenvalue weighted by Crippen LogP contribution is -2.43. The number of anilines is 3. The smallest absolute Gasteiger partial charge is 0.136 e. The molecular formula is C31H33FN8O2. The van der Waals surface area contributed by atoms with Crippen LogP contribution in [0.1, 0.15) is 37.3 Å². The average molecular weight is 569 g/mol. The zero-order chi connectivity index (χ0) is 29.1. The minimum atomic E-state index is -0.525. The monoisotopic (exact) mass is 568 g/mol. The Balaban J connectivity index is 1.36. The van der Waals surface area contributed by atoms with Crippen molar-refractivity contribution < 1.29 is 13.9 Å². The zero-order valence-corrected chi connectivity index (χ0v) is 23.5. The minimum absolute atomic E-state index is 0.0830. The lowest BCUT2D eigenvalue weighted by Gasteiger charge is -2.34. The van der Waals surface area contributed by atoms with Crippen molar-refractivity contribution in [3.05, 3.63) is 66.4 Å². The van der Waals surface area contributed by atoms with Gasteiger partial charge in [0.25, 0.3) is 0 Å². The number of aromatic nitrogens is 4. The number of halogens is 1. The molecule has 11 heteroatoms. The van der Waals surface area contributed by atoms with E-state index in [9.17, 15) is 9.65 Å². The maximum absolute atomic E-state index is 14.9. The fourth-order valence-electron chi connectivity index (χ4n) is 5.70. The Labute approximate surface area is 243 Å². The predicted molar refractivity (Wildman–Crippen MR) is 158 cm³/mol. The van der Waals surface area contributed by atoms with Crippen LogP contribution in [0, 0.1) is 17.1 Å². The van der Waals surface area contributed by atoms with E-state index in [-0.39, 0.29) is 22.9 Å². The van der Waals surface area contributed by atoms with Crippen LogP contribution in [0.4, 0.5) is 21.7 Å². The molecule has 3 N–H and O–H groups in total. The zero-order valence-electron chi connectivity index (χ0n) is 23.5. The maximum atomic E-state index is 14.9. The highest BCUT2D eigenvalue weighted by Gasteiger charge is 2.23. The first-order valence-electron chi connectivity index (χ1n) is 14.2. The van der Waals surface area contributed by atoms with Crippen molar-refractivity contribution in [3.8, 4) is 34.2 Å². The third kappa shape index (κ3) is 5.64. The molecule has 0 unspecified atom stereocenters. The number of rotatable bonds is 7. The van der Waals surface area contributed by atoms with Gasteiger partial charge in [0.05, 0.1) is 36.2 Å². The van der Waals surface area contributed by atoms with Gasteiger partial charge >= 0.3 is 0 Å². The van der Waals surface area contributed by atoms with Crippen LogP contribution in [-0.2, 0) is 4.74 Å². The van der Waals surface area contributed by atoms with Gasteiger partial charge in [0, 0.05) is 67.6 Å². The Morgan fingerprint density at radius 1 is 1.14 bits per heavy atom. The Morgan fingerprint density at radius 3 is 2.79 bits per heavy atom. The summed E-state index contributed by atoms with van der Waals surface area (Å²) in [6, 6.07) is 12.3. The Hall–Kier alpha value is -4.53. The van der Waals surface area contributed by atoms with E-state index in [0.29, 0.717) is 23.4 Å². The standard InChI is InChI=1S/C31H33FN8O2/c1-41-27-6-2-5-25(32)30(27)31-20(15-33)7-8-28(38-31)37-29-14-26(39-11-3-4-22(34)19-39)24(17-35-29)21-16-36-40(18-21)23-9-12-42-13-10-23/h2,5-8,14,16-18,22-23H,3-4,9-13,19,34H2,1H3,(H,35,37,38)/t22-/m0/s1. The van der Waals surface area contributed by atoms with Crippen LogP contribution in [-0.4, -0.2) is 59.2 Å². The van der Waals surface area contributed by atoms with E-state index in [1.165, 1.54) is 13.2 Å². The highest BCUT2D eigenvalue weighted by molar-refractivity contribution is 5.80. The molecular weight excluding hydrogens is 535 g/mol. The highest BCUT2D eigenvalue weighted by Crippen LogP contribution is 2.37. The van der Waals surface area contributed by atoms with Gasteiger partial charge in [0.2, 0.25) is 0 Å². The third-order valence-electron chi connectivity index (χ3n) is 7.86. The molecule has 0 spiro atoms. The van der Waals surface area contributed by atoms with Crippen molar-refractivity contribution in [3.63, 3.8) is 0 Å². The summed E-state index contributed by atoms with van der Waals surface area (Å²) in [5.41, 5.74) is 9.88. The van der Waals surface area contributed by atoms with Crippen LogP contribution < -0.4 is 20.7 Å². The number of piperidine rings is 1. The van der Waals surface area contributed by atoms with Gasteiger partial charge in [-0.15, -0.1) is 0 Å². The summed E-state index contributed by atoms with van der Waals surface area (Å²) in [5, 5.41) is 17.7. The van der Waals surface area contributed by atoms with Crippen LogP contribution in [0.3, 0.4) is 0 Å². The summed E-state index contributed by atoms with van der Waals surface area (Å²) in [7, 11) is 1.46. The molecule has 0 amide bonds. The molecule has 0 bridgehead atoms. The molecule has 3 aromatic heterocycles. The van der Waals surface area contributed by atoms with Crippen LogP contribution in [0.25, 0.3) is 22.4 Å². The van der Waals surface area contributed by atoms with E-state index >= 15 is 0 Å². The summed E-state index contributed by atoms with van der Waals surface area (Å²) in [6.45, 7) is 3.10. The van der Waals surface area contributed by atoms with E-state index in [4.69, 9.17) is 20.2 Å². The number of nitrogens with zero attached hydrogens (tertiary/aromatic N) is 6. The maximum Gasteiger partial charge on any atom is 0.136 e. The second kappa shape index (κ2) is 12.1. The molecule has 1 aromatic carbocycles. The van der Waals surface area contributed by atoms with Crippen molar-refractivity contribution in [1.29, 1.82) is 5.26 Å². The number of pyridine rings is 2. The van der Waals surface area contributed by atoms with Crippen LogP contribution in [0.5, 0.6) is 5.75 Å². The quantitative estimate of drug-likeness (QED) is 0.315. The highest BCUT2D eigenvalue weighted by atomic mass is 19.1. The average Bonchev–Trinajstić information content (AvgIpc) is 3.52. The van der Waals surface area contributed by atoms with Crippen molar-refractivity contribution in [2.24, 2.45) is 5.73 Å². The molecule has 2 aliphatic rings. The molecule has 2 aliphatic heterocycles. The molecule has 216 valence electrons. The molecule has 42 heavy (non-hydrogen) atoms. The van der Waals surface area contributed by atoms with Crippen molar-refractivity contribution in [2.75, 3.05) is 43.6 Å². The largest absolute Gasteiger partial charge is 0.496 e. The lowest BCUT2D eigenvalue weighted by atomic mass is 10.0. The van der Waals surface area contributed by atoms with Crippen LogP contribution in [0.2, 0.25) is 0 Å². The number of nitrogens with one attached hydrogen (secondary N) is 1. The number of hydrogen-bond acceptors (Lipinski definition) is 9. The molecule has 6 rings (SSSR count). The van der Waals surface area contributed by atoms with Gasteiger partial charge in [0.15, 0.2) is 0 Å². The van der Waals surface area contributed by atoms with Gasteiger partial charge in [-0.05, 0) is 49.9 Å². The molecule has 0 saturated carbocycles. The Morgan fingerprint density at radius 2 is 2.00 bits per heavy atom. The fraction of sp³-hybridized carbons (Fsp3) is 0.355. The van der Waals surface area contributed by atoms with Gasteiger partial charge in [-0.25, -0.2) is 14.4 Å². The van der Waals surface area contributed by atoms with E-state index in [2.05, 4.69) is 32.6 Å². The van der Waals surface area contributed by atoms with E-state index in [1.54, 1.807) is 24.3 Å². The normalized spacial score (nSPS) is 17.6. The topological polar surface area (TPSA) is 127 Å². The number of benzene rings is 1. The number of methoxy groups -OCH3 is 1. The van der Waals surface area contributed by atoms with Crippen molar-refractivity contribution in [1.82, 2.24) is 19.7 Å². The summed E-state index contributed by atoms with van der Waals surface area (Å²) < 4.78 is 27.9. The van der Waals surface area contributed by atoms with Gasteiger partial charge in [-0.1, -0.05) is 6.07 Å². The van der Waals surface area contributed by atoms with Gasteiger partial charge < -0.3 is 25.4 Å². The first kappa shape index (κ1) is 27.6. The third-order valence-corrected chi connectivity index (χ3v) is 7.86. The molecule has 2 saturated heterocycles. The summed E-state index contributed by atoms with van der Waals surface area (Å²) in [5.74, 6) is 0.753. The Bertz CT molecular complexity index is 1610. The molecule has 0 aliphatic carbocycles. The van der Waals surface area contributed by atoms with Crippen LogP contribution in [0.15, 0.2) is 55.0 Å². The van der Waals surface area contributed by atoms with Crippen molar-refractivity contribution in [2.45, 2.75) is 37.8 Å². The summed E-state index contributed by atoms with van der Waals surface area (Å²) in [6.07, 6.45) is 9.68. The lowest BCUT2D eigenvalue weighted by molar-refractivity contribution is 0.0662. The molecule has 2 fully saturated rings. The van der Waals surface area contributed by atoms with Crippen molar-refractivity contribution >= 4 is 17.3 Å². The molecule has 1 atom stereocenters. The first-order valence-corrected chi connectivity index (χ1v) is 14.2. The second-order valence-corrected chi connectivity index (χ2v) is 10.6. The van der Waals surface area contributed by atoms with Gasteiger partial charge in [0.1, 0.15) is 29.3 Å². The summed E-state index contributed by atoms with van der Waals surface area (Å²) in [4.78, 5) is 11.6.